The molecular formula is C13H18N2O4. The van der Waals surface area contributed by atoms with Crippen LogP contribution >= 0.6 is 0 Å². The predicted octanol–water partition coefficient (Wildman–Crippen LogP) is 1.41. The quantitative estimate of drug-likeness (QED) is 0.622. The van der Waals surface area contributed by atoms with Crippen molar-refractivity contribution in [3.05, 3.63) is 39.9 Å². The van der Waals surface area contributed by atoms with Gasteiger partial charge in [0.05, 0.1) is 23.0 Å². The molecule has 0 fully saturated rings. The van der Waals surface area contributed by atoms with Crippen LogP contribution in [0.3, 0.4) is 0 Å². The molecule has 6 heteroatoms. The zero-order valence-corrected chi connectivity index (χ0v) is 11.2. The van der Waals surface area contributed by atoms with Gasteiger partial charge in [-0.15, -0.1) is 0 Å². The van der Waals surface area contributed by atoms with Gasteiger partial charge in [-0.1, -0.05) is 12.1 Å². The minimum atomic E-state index is -0.738. The monoisotopic (exact) mass is 266 g/mol. The van der Waals surface area contributed by atoms with E-state index in [9.17, 15) is 20.0 Å². The van der Waals surface area contributed by atoms with Crippen LogP contribution in [-0.2, 0) is 11.2 Å². The van der Waals surface area contributed by atoms with E-state index in [1.54, 1.807) is 32.9 Å². The lowest BCUT2D eigenvalue weighted by Gasteiger charge is -2.29. The number of nitrogens with zero attached hydrogens (tertiary/aromatic N) is 1. The highest BCUT2D eigenvalue weighted by Gasteiger charge is 2.25. The SMILES string of the molecule is CC(O)C(C)(C)NC(=O)Cc1cccc([N+](=O)[O-])c1. The smallest absolute Gasteiger partial charge is 0.269 e. The number of non-ortho nitro benzene ring substituents is 1. The molecule has 1 atom stereocenters. The number of hydrogen-bond acceptors (Lipinski definition) is 4. The van der Waals surface area contributed by atoms with Crippen molar-refractivity contribution in [3.63, 3.8) is 0 Å². The average Bonchev–Trinajstić information content (AvgIpc) is 2.28. The number of nitrogens with one attached hydrogen (secondary N) is 1. The maximum absolute atomic E-state index is 11.8. The molecule has 0 saturated carbocycles. The molecule has 2 N–H and O–H groups in total. The Balaban J connectivity index is 2.72. The molecule has 1 unspecified atom stereocenters. The van der Waals surface area contributed by atoms with Crippen molar-refractivity contribution in [1.29, 1.82) is 0 Å². The summed E-state index contributed by atoms with van der Waals surface area (Å²) in [5.41, 5.74) is -0.217. The van der Waals surface area contributed by atoms with Crippen LogP contribution < -0.4 is 5.32 Å². The highest BCUT2D eigenvalue weighted by molar-refractivity contribution is 5.79. The second kappa shape index (κ2) is 5.79. The number of carbonyl (C=O) groups excluding carboxylic acids is 1. The highest BCUT2D eigenvalue weighted by Crippen LogP contribution is 2.14. The number of hydrogen-bond donors (Lipinski definition) is 2. The lowest BCUT2D eigenvalue weighted by molar-refractivity contribution is -0.384. The second-order valence-electron chi connectivity index (χ2n) is 5.05. The van der Waals surface area contributed by atoms with Crippen LogP contribution in [0.25, 0.3) is 0 Å². The Labute approximate surface area is 111 Å². The van der Waals surface area contributed by atoms with Gasteiger partial charge in [0.1, 0.15) is 0 Å². The number of amides is 1. The Hall–Kier alpha value is -1.95. The van der Waals surface area contributed by atoms with E-state index in [-0.39, 0.29) is 18.0 Å². The minimum Gasteiger partial charge on any atom is -0.391 e. The standard InChI is InChI=1S/C13H18N2O4/c1-9(16)13(2,3)14-12(17)8-10-5-4-6-11(7-10)15(18)19/h4-7,9,16H,8H2,1-3H3,(H,14,17). The molecule has 0 aromatic heterocycles. The van der Waals surface area contributed by atoms with E-state index in [1.165, 1.54) is 12.1 Å². The lowest BCUT2D eigenvalue weighted by Crippen LogP contribution is -2.51. The minimum absolute atomic E-state index is 0.0395. The molecule has 1 amide bonds. The fraction of sp³-hybridized carbons (Fsp3) is 0.462. The Bertz CT molecular complexity index is 483. The molecule has 0 aliphatic heterocycles. The van der Waals surface area contributed by atoms with Crippen molar-refractivity contribution < 1.29 is 14.8 Å². The third-order valence-electron chi connectivity index (χ3n) is 2.99. The zero-order valence-electron chi connectivity index (χ0n) is 11.2. The first-order chi connectivity index (χ1) is 8.72. The van der Waals surface area contributed by atoms with Gasteiger partial charge in [-0.2, -0.15) is 0 Å². The summed E-state index contributed by atoms with van der Waals surface area (Å²) in [6.45, 7) is 5.01. The predicted molar refractivity (Wildman–Crippen MR) is 70.7 cm³/mol. The van der Waals surface area contributed by atoms with Crippen molar-refractivity contribution in [3.8, 4) is 0 Å². The fourth-order valence-corrected chi connectivity index (χ4v) is 1.47. The van der Waals surface area contributed by atoms with Crippen LogP contribution in [-0.4, -0.2) is 27.6 Å². The molecule has 0 saturated heterocycles. The first-order valence-electron chi connectivity index (χ1n) is 5.95. The number of aliphatic hydroxyl groups is 1. The molecule has 0 bridgehead atoms. The molecule has 0 heterocycles. The van der Waals surface area contributed by atoms with Crippen molar-refractivity contribution in [2.24, 2.45) is 0 Å². The van der Waals surface area contributed by atoms with Crippen molar-refractivity contribution in [2.45, 2.75) is 38.8 Å². The number of benzene rings is 1. The molecule has 0 aliphatic rings. The largest absolute Gasteiger partial charge is 0.391 e. The Morgan fingerprint density at radius 3 is 2.68 bits per heavy atom. The van der Waals surface area contributed by atoms with E-state index >= 15 is 0 Å². The molecule has 6 nitrogen and oxygen atoms in total. The summed E-state index contributed by atoms with van der Waals surface area (Å²) in [5, 5.41) is 22.8. The van der Waals surface area contributed by atoms with Gasteiger partial charge < -0.3 is 10.4 Å². The summed E-state index contributed by atoms with van der Waals surface area (Å²) in [5.74, 6) is -0.286. The first-order valence-corrected chi connectivity index (χ1v) is 5.95. The maximum Gasteiger partial charge on any atom is 0.269 e. The number of rotatable bonds is 5. The molecule has 0 spiro atoms. The molecule has 0 aliphatic carbocycles. The molecule has 104 valence electrons. The van der Waals surface area contributed by atoms with Gasteiger partial charge in [0.2, 0.25) is 5.91 Å². The summed E-state index contributed by atoms with van der Waals surface area (Å²) < 4.78 is 0. The normalized spacial score (nSPS) is 12.8. The van der Waals surface area contributed by atoms with Gasteiger partial charge in [-0.05, 0) is 26.3 Å². The number of aliphatic hydroxyl groups excluding tert-OH is 1. The van der Waals surface area contributed by atoms with Crippen molar-refractivity contribution in [2.75, 3.05) is 0 Å². The summed E-state index contributed by atoms with van der Waals surface area (Å²) in [6, 6.07) is 5.94. The van der Waals surface area contributed by atoms with Crippen molar-refractivity contribution >= 4 is 11.6 Å². The van der Waals surface area contributed by atoms with Crippen molar-refractivity contribution in [1.82, 2.24) is 5.32 Å². The van der Waals surface area contributed by atoms with Crippen LogP contribution in [0.2, 0.25) is 0 Å². The van der Waals surface area contributed by atoms with Crippen LogP contribution in [0.1, 0.15) is 26.3 Å². The highest BCUT2D eigenvalue weighted by atomic mass is 16.6. The summed E-state index contributed by atoms with van der Waals surface area (Å²) in [7, 11) is 0. The zero-order chi connectivity index (χ0) is 14.6. The van der Waals surface area contributed by atoms with E-state index < -0.39 is 16.6 Å². The van der Waals surface area contributed by atoms with Crippen LogP contribution in [0.15, 0.2) is 24.3 Å². The molecular weight excluding hydrogens is 248 g/mol. The van der Waals surface area contributed by atoms with E-state index in [0.717, 1.165) is 0 Å². The summed E-state index contributed by atoms with van der Waals surface area (Å²) in [6.07, 6.45) is -0.653. The Morgan fingerprint density at radius 1 is 1.53 bits per heavy atom. The third-order valence-corrected chi connectivity index (χ3v) is 2.99. The van der Waals surface area contributed by atoms with Gasteiger partial charge in [0, 0.05) is 12.1 Å². The summed E-state index contributed by atoms with van der Waals surface area (Å²) >= 11 is 0. The van der Waals surface area contributed by atoms with Crippen LogP contribution in [0, 0.1) is 10.1 Å². The molecule has 0 radical (unpaired) electrons. The Morgan fingerprint density at radius 2 is 2.16 bits per heavy atom. The van der Waals surface area contributed by atoms with E-state index in [2.05, 4.69) is 5.32 Å². The topological polar surface area (TPSA) is 92.5 Å². The number of carbonyl (C=O) groups is 1. The van der Waals surface area contributed by atoms with E-state index in [0.29, 0.717) is 5.56 Å². The van der Waals surface area contributed by atoms with Gasteiger partial charge >= 0.3 is 0 Å². The van der Waals surface area contributed by atoms with E-state index in [1.807, 2.05) is 0 Å². The van der Waals surface area contributed by atoms with Gasteiger partial charge in [-0.3, -0.25) is 14.9 Å². The molecule has 1 aromatic rings. The lowest BCUT2D eigenvalue weighted by atomic mass is 9.98. The third kappa shape index (κ3) is 4.33. The average molecular weight is 266 g/mol. The maximum atomic E-state index is 11.8. The molecule has 19 heavy (non-hydrogen) atoms. The summed E-state index contributed by atoms with van der Waals surface area (Å²) in [4.78, 5) is 22.0. The number of nitro benzene ring substituents is 1. The van der Waals surface area contributed by atoms with Crippen LogP contribution in [0.5, 0.6) is 0 Å². The fourth-order valence-electron chi connectivity index (χ4n) is 1.47. The number of nitro groups is 1. The second-order valence-corrected chi connectivity index (χ2v) is 5.05. The van der Waals surface area contributed by atoms with Gasteiger partial charge in [0.15, 0.2) is 0 Å². The van der Waals surface area contributed by atoms with Crippen LogP contribution in [0.4, 0.5) is 5.69 Å². The first kappa shape index (κ1) is 15.1. The molecule has 1 aromatic carbocycles. The van der Waals surface area contributed by atoms with E-state index in [4.69, 9.17) is 0 Å². The van der Waals surface area contributed by atoms with Gasteiger partial charge in [-0.25, -0.2) is 0 Å². The molecule has 1 rings (SSSR count). The van der Waals surface area contributed by atoms with Gasteiger partial charge in [0.25, 0.3) is 5.69 Å². The Kier molecular flexibility index (Phi) is 4.61.